The van der Waals surface area contributed by atoms with Crippen LogP contribution in [0.15, 0.2) is 66.2 Å². The Bertz CT molecular complexity index is 1660. The van der Waals surface area contributed by atoms with Gasteiger partial charge in [-0.25, -0.2) is 9.37 Å². The van der Waals surface area contributed by atoms with Crippen LogP contribution < -0.4 is 19.1 Å². The highest BCUT2D eigenvalue weighted by atomic mass is 32.1. The maximum absolute atomic E-state index is 14.0. The molecule has 0 radical (unpaired) electrons. The fourth-order valence-corrected chi connectivity index (χ4v) is 5.76. The van der Waals surface area contributed by atoms with Gasteiger partial charge in [0.15, 0.2) is 16.6 Å². The van der Waals surface area contributed by atoms with Crippen LogP contribution in [-0.4, -0.2) is 42.1 Å². The summed E-state index contributed by atoms with van der Waals surface area (Å²) in [5.41, 5.74) is 1.22. The third kappa shape index (κ3) is 5.67. The molecule has 1 N–H and O–H groups in total. The number of anilines is 1. The standard InChI is InChI=1S/C32H31FN2O6S/c1-5-40-22-10-6-19(7-11-22)29(36)27-28(20-8-13-24(25(16-20)39-4)41-15-14-18(2)3)35(31(38)30(27)37)32-34-23-12-9-21(33)17-26(23)42-32/h6-13,16-18,28,36H,5,14-15H2,1-4H3. The van der Waals surface area contributed by atoms with Crippen LogP contribution in [0.25, 0.3) is 16.0 Å². The Morgan fingerprint density at radius 2 is 1.81 bits per heavy atom. The summed E-state index contributed by atoms with van der Waals surface area (Å²) in [7, 11) is 1.51. The molecule has 1 atom stereocenters. The van der Waals surface area contributed by atoms with Crippen LogP contribution in [0.2, 0.25) is 0 Å². The molecule has 8 nitrogen and oxygen atoms in total. The number of fused-ring (bicyclic) bond motifs is 1. The number of ketones is 1. The first kappa shape index (κ1) is 29.1. The Balaban J connectivity index is 1.64. The van der Waals surface area contributed by atoms with Crippen LogP contribution in [0.5, 0.6) is 17.2 Å². The number of aromatic nitrogens is 1. The summed E-state index contributed by atoms with van der Waals surface area (Å²) < 4.78 is 31.5. The lowest BCUT2D eigenvalue weighted by Gasteiger charge is -2.24. The minimum atomic E-state index is -1.04. The number of carbonyl (C=O) groups excluding carboxylic acids is 2. The van der Waals surface area contributed by atoms with Crippen molar-refractivity contribution in [3.05, 3.63) is 83.2 Å². The molecule has 42 heavy (non-hydrogen) atoms. The molecule has 1 unspecified atom stereocenters. The van der Waals surface area contributed by atoms with Gasteiger partial charge in [0.25, 0.3) is 5.78 Å². The van der Waals surface area contributed by atoms with Gasteiger partial charge in [0, 0.05) is 5.56 Å². The summed E-state index contributed by atoms with van der Waals surface area (Å²) in [6, 6.07) is 14.8. The molecule has 4 aromatic rings. The molecule has 5 rings (SSSR count). The molecule has 1 aromatic heterocycles. The van der Waals surface area contributed by atoms with E-state index in [4.69, 9.17) is 14.2 Å². The topological polar surface area (TPSA) is 98.2 Å². The highest BCUT2D eigenvalue weighted by molar-refractivity contribution is 7.22. The Morgan fingerprint density at radius 1 is 1.05 bits per heavy atom. The Morgan fingerprint density at radius 3 is 2.50 bits per heavy atom. The average molecular weight is 591 g/mol. The number of aliphatic hydroxyl groups excluding tert-OH is 1. The predicted octanol–water partition coefficient (Wildman–Crippen LogP) is 6.89. The largest absolute Gasteiger partial charge is 0.507 e. The molecular formula is C32H31FN2O6S. The van der Waals surface area contributed by atoms with Gasteiger partial charge in [-0.1, -0.05) is 31.3 Å². The van der Waals surface area contributed by atoms with E-state index in [0.29, 0.717) is 57.7 Å². The van der Waals surface area contributed by atoms with Crippen molar-refractivity contribution < 1.29 is 33.3 Å². The third-order valence-electron chi connectivity index (χ3n) is 6.88. The lowest BCUT2D eigenvalue weighted by molar-refractivity contribution is -0.132. The fraction of sp³-hybridized carbons (Fsp3) is 0.281. The first-order valence-corrected chi connectivity index (χ1v) is 14.4. The van der Waals surface area contributed by atoms with Gasteiger partial charge in [-0.3, -0.25) is 14.5 Å². The van der Waals surface area contributed by atoms with Gasteiger partial charge in [0.1, 0.15) is 17.3 Å². The van der Waals surface area contributed by atoms with Crippen molar-refractivity contribution >= 4 is 44.1 Å². The van der Waals surface area contributed by atoms with Crippen molar-refractivity contribution in [3.8, 4) is 17.2 Å². The third-order valence-corrected chi connectivity index (χ3v) is 7.90. The zero-order valence-electron chi connectivity index (χ0n) is 23.7. The van der Waals surface area contributed by atoms with Crippen LogP contribution in [0.3, 0.4) is 0 Å². The van der Waals surface area contributed by atoms with E-state index in [-0.39, 0.29) is 16.5 Å². The van der Waals surface area contributed by atoms with Gasteiger partial charge < -0.3 is 19.3 Å². The number of halogens is 1. The zero-order chi connectivity index (χ0) is 30.0. The van der Waals surface area contributed by atoms with Crippen LogP contribution in [-0.2, 0) is 9.59 Å². The van der Waals surface area contributed by atoms with E-state index in [1.54, 1.807) is 42.5 Å². The SMILES string of the molecule is CCOc1ccc(C(O)=C2C(=O)C(=O)N(c3nc4ccc(F)cc4s3)C2c2ccc(OCCC(C)C)c(OC)c2)cc1. The number of rotatable bonds is 10. The van der Waals surface area contributed by atoms with Gasteiger partial charge in [0.2, 0.25) is 0 Å². The van der Waals surface area contributed by atoms with Crippen molar-refractivity contribution in [1.29, 1.82) is 0 Å². The monoisotopic (exact) mass is 590 g/mol. The van der Waals surface area contributed by atoms with E-state index in [1.807, 2.05) is 6.92 Å². The van der Waals surface area contributed by atoms with Crippen LogP contribution in [0.4, 0.5) is 9.52 Å². The molecule has 1 fully saturated rings. The molecule has 1 amide bonds. The lowest BCUT2D eigenvalue weighted by Crippen LogP contribution is -2.29. The van der Waals surface area contributed by atoms with Gasteiger partial charge in [-0.05, 0) is 79.4 Å². The molecule has 3 aromatic carbocycles. The highest BCUT2D eigenvalue weighted by Crippen LogP contribution is 2.46. The number of carbonyl (C=O) groups is 2. The number of benzene rings is 3. The maximum Gasteiger partial charge on any atom is 0.301 e. The quantitative estimate of drug-likeness (QED) is 0.122. The number of hydrogen-bond acceptors (Lipinski definition) is 8. The molecule has 1 aliphatic heterocycles. The van der Waals surface area contributed by atoms with Crippen molar-refractivity contribution in [1.82, 2.24) is 4.98 Å². The molecule has 0 aliphatic carbocycles. The molecule has 0 bridgehead atoms. The maximum atomic E-state index is 14.0. The first-order valence-electron chi connectivity index (χ1n) is 13.6. The predicted molar refractivity (Wildman–Crippen MR) is 160 cm³/mol. The molecule has 10 heteroatoms. The first-order chi connectivity index (χ1) is 20.2. The summed E-state index contributed by atoms with van der Waals surface area (Å²) in [4.78, 5) is 33.0. The summed E-state index contributed by atoms with van der Waals surface area (Å²) in [5, 5.41) is 11.7. The average Bonchev–Trinajstić information content (AvgIpc) is 3.50. The fourth-order valence-electron chi connectivity index (χ4n) is 4.74. The van der Waals surface area contributed by atoms with Gasteiger partial charge in [-0.2, -0.15) is 0 Å². The normalized spacial score (nSPS) is 16.4. The van der Waals surface area contributed by atoms with Gasteiger partial charge >= 0.3 is 5.91 Å². The van der Waals surface area contributed by atoms with E-state index >= 15 is 0 Å². The number of methoxy groups -OCH3 is 1. The molecular weight excluding hydrogens is 559 g/mol. The molecule has 1 saturated heterocycles. The summed E-state index contributed by atoms with van der Waals surface area (Å²) in [6.45, 7) is 7.04. The molecule has 1 aliphatic rings. The number of aliphatic hydroxyl groups is 1. The van der Waals surface area contributed by atoms with Crippen molar-refractivity contribution in [2.45, 2.75) is 33.2 Å². The van der Waals surface area contributed by atoms with E-state index in [0.717, 1.165) is 17.8 Å². The number of hydrogen-bond donors (Lipinski definition) is 1. The van der Waals surface area contributed by atoms with Crippen molar-refractivity contribution in [2.75, 3.05) is 25.2 Å². The van der Waals surface area contributed by atoms with E-state index in [9.17, 15) is 19.1 Å². The van der Waals surface area contributed by atoms with Crippen molar-refractivity contribution in [2.24, 2.45) is 5.92 Å². The van der Waals surface area contributed by atoms with E-state index in [1.165, 1.54) is 30.2 Å². The zero-order valence-corrected chi connectivity index (χ0v) is 24.5. The lowest BCUT2D eigenvalue weighted by atomic mass is 9.95. The smallest absolute Gasteiger partial charge is 0.301 e. The molecule has 218 valence electrons. The minimum absolute atomic E-state index is 0.106. The molecule has 0 spiro atoms. The number of thiazole rings is 1. The number of Topliss-reactive ketones (excluding diaryl/α,β-unsaturated/α-hetero) is 1. The number of ether oxygens (including phenoxy) is 3. The van der Waals surface area contributed by atoms with Crippen molar-refractivity contribution in [3.63, 3.8) is 0 Å². The van der Waals surface area contributed by atoms with Gasteiger partial charge in [-0.15, -0.1) is 0 Å². The molecule has 0 saturated carbocycles. The second-order valence-corrected chi connectivity index (χ2v) is 11.2. The Hall–Kier alpha value is -4.44. The van der Waals surface area contributed by atoms with Crippen LogP contribution >= 0.6 is 11.3 Å². The summed E-state index contributed by atoms with van der Waals surface area (Å²) >= 11 is 1.08. The second kappa shape index (κ2) is 12.2. The van der Waals surface area contributed by atoms with Crippen LogP contribution in [0, 0.1) is 11.7 Å². The summed E-state index contributed by atoms with van der Waals surface area (Å²) in [5.74, 6) is -0.520. The molecule has 2 heterocycles. The van der Waals surface area contributed by atoms with E-state index < -0.39 is 23.5 Å². The Kier molecular flexibility index (Phi) is 8.44. The highest BCUT2D eigenvalue weighted by Gasteiger charge is 2.48. The minimum Gasteiger partial charge on any atom is -0.507 e. The van der Waals surface area contributed by atoms with E-state index in [2.05, 4.69) is 18.8 Å². The summed E-state index contributed by atoms with van der Waals surface area (Å²) in [6.07, 6.45) is 0.853. The second-order valence-electron chi connectivity index (χ2n) is 10.2. The number of nitrogens with zero attached hydrogens (tertiary/aromatic N) is 2. The Labute approximate surface area is 247 Å². The number of amides is 1. The van der Waals surface area contributed by atoms with Gasteiger partial charge in [0.05, 0.1) is 42.2 Å². The van der Waals surface area contributed by atoms with Crippen LogP contribution in [0.1, 0.15) is 44.4 Å².